The summed E-state index contributed by atoms with van der Waals surface area (Å²) in [7, 11) is 2.27. The number of H-pyrrole nitrogens is 1. The number of sulfone groups is 1. The van der Waals surface area contributed by atoms with Gasteiger partial charge in [0.1, 0.15) is 0 Å². The Kier molecular flexibility index (Phi) is 7.46. The van der Waals surface area contributed by atoms with Crippen LogP contribution in [0.4, 0.5) is 13.2 Å². The van der Waals surface area contributed by atoms with Gasteiger partial charge in [0.15, 0.2) is 9.84 Å². The van der Waals surface area contributed by atoms with Crippen molar-refractivity contribution in [2.75, 3.05) is 53.6 Å². The van der Waals surface area contributed by atoms with E-state index in [1.165, 1.54) is 6.07 Å². The topological polar surface area (TPSA) is 91.8 Å². The van der Waals surface area contributed by atoms with Gasteiger partial charge < -0.3 is 4.48 Å². The van der Waals surface area contributed by atoms with Gasteiger partial charge in [-0.05, 0) is 59.8 Å². The van der Waals surface area contributed by atoms with Crippen molar-refractivity contribution in [3.8, 4) is 22.5 Å². The van der Waals surface area contributed by atoms with E-state index in [-0.39, 0.29) is 17.0 Å². The third kappa shape index (κ3) is 6.36. The number of likely N-dealkylation sites (tertiary alicyclic amines) is 1. The lowest BCUT2D eigenvalue weighted by atomic mass is 9.88. The molecule has 37 heavy (non-hydrogen) atoms. The molecular formula is C25H32F3N6O2S+. The number of nitrogens with zero attached hydrogens (tertiary/aromatic N) is 5. The summed E-state index contributed by atoms with van der Waals surface area (Å²) in [5.41, 5.74) is 0.544. The molecule has 0 atom stereocenters. The molecule has 2 heterocycles. The molecule has 0 bridgehead atoms. The number of quaternary nitrogens is 1. The van der Waals surface area contributed by atoms with Crippen LogP contribution in [0.2, 0.25) is 0 Å². The second kappa shape index (κ2) is 10.1. The molecule has 0 aliphatic carbocycles. The summed E-state index contributed by atoms with van der Waals surface area (Å²) in [6.07, 6.45) is -2.06. The molecule has 8 nitrogen and oxygen atoms in total. The first-order valence-corrected chi connectivity index (χ1v) is 13.9. The molecule has 0 amide bonds. The van der Waals surface area contributed by atoms with E-state index in [4.69, 9.17) is 0 Å². The number of nitrogens with one attached hydrogen (secondary N) is 1. The van der Waals surface area contributed by atoms with Gasteiger partial charge in [0, 0.05) is 12.8 Å². The highest BCUT2D eigenvalue weighted by Gasteiger charge is 2.39. The van der Waals surface area contributed by atoms with E-state index in [0.29, 0.717) is 11.5 Å². The highest BCUT2D eigenvalue weighted by molar-refractivity contribution is 7.91. The van der Waals surface area contributed by atoms with Crippen molar-refractivity contribution in [2.45, 2.75) is 29.8 Å². The van der Waals surface area contributed by atoms with Crippen LogP contribution in [0.3, 0.4) is 0 Å². The SMILES string of the molecule is C[N+](C)(C)CCN1CCC(c2ccc(-c3ccc(C(F)(F)F)c(S(C)(=O)=O)c3-c3nn[nH]n3)cc2)CC1. The van der Waals surface area contributed by atoms with Gasteiger partial charge in [-0.3, -0.25) is 4.90 Å². The largest absolute Gasteiger partial charge is 0.417 e. The van der Waals surface area contributed by atoms with Crippen LogP contribution in [0.5, 0.6) is 0 Å². The molecule has 0 spiro atoms. The van der Waals surface area contributed by atoms with Gasteiger partial charge in [0.25, 0.3) is 0 Å². The lowest BCUT2D eigenvalue weighted by Crippen LogP contribution is -2.44. The summed E-state index contributed by atoms with van der Waals surface area (Å²) in [6, 6.07) is 9.65. The van der Waals surface area contributed by atoms with E-state index in [2.05, 4.69) is 46.7 Å². The number of piperidine rings is 1. The Bertz CT molecular complexity index is 1330. The molecule has 2 aromatic carbocycles. The first-order valence-electron chi connectivity index (χ1n) is 12.1. The first-order chi connectivity index (χ1) is 17.2. The van der Waals surface area contributed by atoms with E-state index in [9.17, 15) is 21.6 Å². The Morgan fingerprint density at radius 3 is 2.22 bits per heavy atom. The van der Waals surface area contributed by atoms with Gasteiger partial charge in [-0.1, -0.05) is 30.3 Å². The van der Waals surface area contributed by atoms with Crippen molar-refractivity contribution in [3.05, 3.63) is 47.5 Å². The van der Waals surface area contributed by atoms with Crippen molar-refractivity contribution < 1.29 is 26.1 Å². The molecule has 1 aromatic heterocycles. The standard InChI is InChI=1S/C25H32F3N6O2S/c1-34(2,3)16-15-33-13-11-18(12-14-33)17-5-7-19(8-6-17)20-9-10-21(25(26,27)28)23(37(4,35)36)22(20)24-29-31-32-30-24/h5-10,18H,11-16H2,1-4H3,(H,29,30,31,32)/q+1. The van der Waals surface area contributed by atoms with Crippen LogP contribution in [-0.2, 0) is 16.0 Å². The van der Waals surface area contributed by atoms with Crippen molar-refractivity contribution in [1.82, 2.24) is 25.5 Å². The third-order valence-corrected chi connectivity index (χ3v) is 7.94. The summed E-state index contributed by atoms with van der Waals surface area (Å²) in [4.78, 5) is 1.63. The van der Waals surface area contributed by atoms with Gasteiger partial charge in [-0.2, -0.15) is 18.4 Å². The number of tetrazole rings is 1. The van der Waals surface area contributed by atoms with Crippen molar-refractivity contribution in [2.24, 2.45) is 0 Å². The van der Waals surface area contributed by atoms with Gasteiger partial charge in [0.05, 0.1) is 43.7 Å². The maximum absolute atomic E-state index is 13.8. The lowest BCUT2D eigenvalue weighted by molar-refractivity contribution is -0.869. The smallest absolute Gasteiger partial charge is 0.330 e. The number of aromatic nitrogens is 4. The highest BCUT2D eigenvalue weighted by Crippen LogP contribution is 2.43. The van der Waals surface area contributed by atoms with Crippen LogP contribution in [0.15, 0.2) is 41.3 Å². The highest BCUT2D eigenvalue weighted by atomic mass is 32.2. The zero-order valence-corrected chi connectivity index (χ0v) is 22.2. The number of aromatic amines is 1. The average Bonchev–Trinajstić information content (AvgIpc) is 3.35. The zero-order valence-electron chi connectivity index (χ0n) is 21.4. The van der Waals surface area contributed by atoms with Crippen LogP contribution < -0.4 is 0 Å². The van der Waals surface area contributed by atoms with Crippen LogP contribution in [0.25, 0.3) is 22.5 Å². The number of alkyl halides is 3. The Morgan fingerprint density at radius 1 is 1.05 bits per heavy atom. The minimum Gasteiger partial charge on any atom is -0.330 e. The predicted molar refractivity (Wildman–Crippen MR) is 134 cm³/mol. The maximum atomic E-state index is 13.8. The van der Waals surface area contributed by atoms with Gasteiger partial charge in [-0.15, -0.1) is 10.2 Å². The van der Waals surface area contributed by atoms with Gasteiger partial charge in [0.2, 0.25) is 5.82 Å². The molecular weight excluding hydrogens is 505 g/mol. The van der Waals surface area contributed by atoms with Crippen molar-refractivity contribution in [3.63, 3.8) is 0 Å². The number of rotatable bonds is 7. The monoisotopic (exact) mass is 537 g/mol. The molecule has 12 heteroatoms. The minimum absolute atomic E-state index is 0.216. The third-order valence-electron chi connectivity index (χ3n) is 6.77. The molecule has 1 aliphatic rings. The number of likely N-dealkylation sites (N-methyl/N-ethyl adjacent to an activating group) is 1. The number of halogens is 3. The molecule has 200 valence electrons. The van der Waals surface area contributed by atoms with Gasteiger partial charge in [-0.25, -0.2) is 8.42 Å². The first kappa shape index (κ1) is 27.2. The molecule has 0 saturated carbocycles. The lowest BCUT2D eigenvalue weighted by Gasteiger charge is -2.34. The Labute approximate surface area is 215 Å². The van der Waals surface area contributed by atoms with Gasteiger partial charge >= 0.3 is 6.18 Å². The quantitative estimate of drug-likeness (QED) is 0.461. The van der Waals surface area contributed by atoms with E-state index >= 15 is 0 Å². The normalized spacial score (nSPS) is 16.3. The number of hydrogen-bond donors (Lipinski definition) is 1. The summed E-state index contributed by atoms with van der Waals surface area (Å²) in [6.45, 7) is 4.19. The molecule has 1 saturated heterocycles. The molecule has 4 rings (SSSR count). The van der Waals surface area contributed by atoms with E-state index < -0.39 is 26.5 Å². The van der Waals surface area contributed by atoms with Crippen LogP contribution in [0.1, 0.15) is 29.9 Å². The summed E-state index contributed by atoms with van der Waals surface area (Å²) >= 11 is 0. The molecule has 1 fully saturated rings. The zero-order chi connectivity index (χ0) is 27.0. The fraction of sp³-hybridized carbons (Fsp3) is 0.480. The Morgan fingerprint density at radius 2 is 1.70 bits per heavy atom. The van der Waals surface area contributed by atoms with Crippen LogP contribution in [0, 0.1) is 0 Å². The van der Waals surface area contributed by atoms with Crippen LogP contribution >= 0.6 is 0 Å². The Balaban J connectivity index is 1.65. The van der Waals surface area contributed by atoms with E-state index in [1.54, 1.807) is 0 Å². The summed E-state index contributed by atoms with van der Waals surface area (Å²) in [5, 5.41) is 13.3. The number of benzene rings is 2. The van der Waals surface area contributed by atoms with Crippen molar-refractivity contribution in [1.29, 1.82) is 0 Å². The minimum atomic E-state index is -4.87. The van der Waals surface area contributed by atoms with Crippen LogP contribution in [-0.4, -0.2) is 92.0 Å². The molecule has 0 radical (unpaired) electrons. The molecule has 3 aromatic rings. The average molecular weight is 538 g/mol. The summed E-state index contributed by atoms with van der Waals surface area (Å²) in [5.74, 6) is 0.178. The molecule has 0 unspecified atom stereocenters. The van der Waals surface area contributed by atoms with E-state index in [0.717, 1.165) is 61.4 Å². The fourth-order valence-corrected chi connectivity index (χ4v) is 5.94. The number of hydrogen-bond acceptors (Lipinski definition) is 6. The maximum Gasteiger partial charge on any atom is 0.417 e. The molecule has 1 aliphatic heterocycles. The van der Waals surface area contributed by atoms with Crippen molar-refractivity contribution >= 4 is 9.84 Å². The van der Waals surface area contributed by atoms with E-state index in [1.807, 2.05) is 24.3 Å². The predicted octanol–water partition coefficient (Wildman–Crippen LogP) is 3.84. The molecule has 1 N–H and O–H groups in total. The Hall–Kier alpha value is -2.83. The second-order valence-electron chi connectivity index (χ2n) is 10.6. The summed E-state index contributed by atoms with van der Waals surface area (Å²) < 4.78 is 67.5. The fourth-order valence-electron chi connectivity index (χ4n) is 4.79. The second-order valence-corrected chi connectivity index (χ2v) is 12.6.